The molecule has 0 fully saturated rings. The third-order valence-corrected chi connectivity index (χ3v) is 2.09. The molecule has 0 amide bonds. The largest absolute Gasteiger partial charge is 0.478 e. The molecular weight excluding hydrogens is 244 g/mol. The number of carbonyl (C=O) groups is 1. The fourth-order valence-corrected chi connectivity index (χ4v) is 1.33. The maximum absolute atomic E-state index is 10.8. The van der Waals surface area contributed by atoms with Gasteiger partial charge in [0.2, 0.25) is 11.2 Å². The molecule has 0 aliphatic rings. The lowest BCUT2D eigenvalue weighted by molar-refractivity contribution is 0.0696. The summed E-state index contributed by atoms with van der Waals surface area (Å²) in [6.45, 7) is 0. The predicted octanol–water partition coefficient (Wildman–Crippen LogP) is 2.62. The van der Waals surface area contributed by atoms with E-state index in [0.29, 0.717) is 5.75 Å². The Morgan fingerprint density at radius 3 is 2.88 bits per heavy atom. The van der Waals surface area contributed by atoms with Crippen molar-refractivity contribution in [2.75, 3.05) is 0 Å². The normalized spacial score (nSPS) is 9.94. The van der Waals surface area contributed by atoms with E-state index >= 15 is 0 Å². The molecule has 1 heterocycles. The predicted molar refractivity (Wildman–Crippen MR) is 60.5 cm³/mol. The van der Waals surface area contributed by atoms with Gasteiger partial charge in [0, 0.05) is 12.3 Å². The second-order valence-corrected chi connectivity index (χ2v) is 3.44. The fourth-order valence-electron chi connectivity index (χ4n) is 1.19. The Bertz CT molecular complexity index is 560. The summed E-state index contributed by atoms with van der Waals surface area (Å²) in [4.78, 5) is 18.3. The highest BCUT2D eigenvalue weighted by Gasteiger charge is 2.05. The molecule has 6 heteroatoms. The third-order valence-electron chi connectivity index (χ3n) is 1.90. The number of hydrogen-bond acceptors (Lipinski definition) is 4. The van der Waals surface area contributed by atoms with Gasteiger partial charge in [-0.3, -0.25) is 0 Å². The zero-order valence-electron chi connectivity index (χ0n) is 8.50. The van der Waals surface area contributed by atoms with Crippen molar-refractivity contribution in [2.45, 2.75) is 0 Å². The topological polar surface area (TPSA) is 72.3 Å². The SMILES string of the molecule is O=C(O)c1cccc(Oc2ccnc(Cl)n2)c1. The highest BCUT2D eigenvalue weighted by Crippen LogP contribution is 2.20. The summed E-state index contributed by atoms with van der Waals surface area (Å²) >= 11 is 5.60. The molecule has 5 nitrogen and oxygen atoms in total. The van der Waals surface area contributed by atoms with Crippen LogP contribution < -0.4 is 4.74 Å². The van der Waals surface area contributed by atoms with E-state index in [1.807, 2.05) is 0 Å². The number of benzene rings is 1. The minimum Gasteiger partial charge on any atom is -0.478 e. The zero-order valence-corrected chi connectivity index (χ0v) is 9.26. The van der Waals surface area contributed by atoms with Gasteiger partial charge in [0.05, 0.1) is 5.56 Å². The second-order valence-electron chi connectivity index (χ2n) is 3.10. The van der Waals surface area contributed by atoms with Crippen LogP contribution in [-0.4, -0.2) is 21.0 Å². The lowest BCUT2D eigenvalue weighted by Crippen LogP contribution is -1.96. The van der Waals surface area contributed by atoms with Gasteiger partial charge in [-0.1, -0.05) is 6.07 Å². The van der Waals surface area contributed by atoms with E-state index in [2.05, 4.69) is 9.97 Å². The summed E-state index contributed by atoms with van der Waals surface area (Å²) in [5, 5.41) is 8.88. The molecule has 0 saturated carbocycles. The van der Waals surface area contributed by atoms with Crippen LogP contribution in [0.3, 0.4) is 0 Å². The summed E-state index contributed by atoms with van der Waals surface area (Å²) < 4.78 is 5.35. The van der Waals surface area contributed by atoms with E-state index in [-0.39, 0.29) is 16.7 Å². The van der Waals surface area contributed by atoms with Crippen LogP contribution in [0.5, 0.6) is 11.6 Å². The van der Waals surface area contributed by atoms with Crippen molar-refractivity contribution in [1.82, 2.24) is 9.97 Å². The highest BCUT2D eigenvalue weighted by atomic mass is 35.5. The molecule has 1 aromatic carbocycles. The molecule has 0 atom stereocenters. The molecule has 0 unspecified atom stereocenters. The lowest BCUT2D eigenvalue weighted by Gasteiger charge is -2.04. The second kappa shape index (κ2) is 4.80. The van der Waals surface area contributed by atoms with Crippen LogP contribution >= 0.6 is 11.6 Å². The lowest BCUT2D eigenvalue weighted by atomic mass is 10.2. The molecule has 0 saturated heterocycles. The summed E-state index contributed by atoms with van der Waals surface area (Å²) in [6, 6.07) is 7.61. The average molecular weight is 251 g/mol. The van der Waals surface area contributed by atoms with Crippen molar-refractivity contribution in [3.05, 3.63) is 47.4 Å². The standard InChI is InChI=1S/C11H7ClN2O3/c12-11-13-5-4-9(14-11)17-8-3-1-2-7(6-8)10(15)16/h1-6H,(H,15,16). The number of hydrogen-bond donors (Lipinski definition) is 1. The Morgan fingerprint density at radius 1 is 1.35 bits per heavy atom. The van der Waals surface area contributed by atoms with Gasteiger partial charge in [0.15, 0.2) is 0 Å². The molecule has 2 aromatic rings. The van der Waals surface area contributed by atoms with Crippen LogP contribution in [0.2, 0.25) is 5.28 Å². The fraction of sp³-hybridized carbons (Fsp3) is 0. The number of halogens is 1. The average Bonchev–Trinajstić information content (AvgIpc) is 2.29. The Labute approximate surface area is 102 Å². The first-order valence-corrected chi connectivity index (χ1v) is 5.03. The zero-order chi connectivity index (χ0) is 12.3. The molecule has 0 aliphatic carbocycles. The molecule has 2 rings (SSSR count). The van der Waals surface area contributed by atoms with Gasteiger partial charge in [0.25, 0.3) is 0 Å². The van der Waals surface area contributed by atoms with Gasteiger partial charge in [-0.05, 0) is 29.8 Å². The van der Waals surface area contributed by atoms with Crippen molar-refractivity contribution in [1.29, 1.82) is 0 Å². The minimum absolute atomic E-state index is 0.0666. The molecule has 1 N–H and O–H groups in total. The third kappa shape index (κ3) is 2.92. The Hall–Kier alpha value is -2.14. The van der Waals surface area contributed by atoms with Crippen molar-refractivity contribution in [3.8, 4) is 11.6 Å². The van der Waals surface area contributed by atoms with E-state index in [9.17, 15) is 4.79 Å². The van der Waals surface area contributed by atoms with Crippen LogP contribution in [0.15, 0.2) is 36.5 Å². The van der Waals surface area contributed by atoms with Gasteiger partial charge in [-0.2, -0.15) is 4.98 Å². The van der Waals surface area contributed by atoms with Gasteiger partial charge >= 0.3 is 5.97 Å². The first-order chi connectivity index (χ1) is 8.15. The smallest absolute Gasteiger partial charge is 0.335 e. The minimum atomic E-state index is -1.02. The van der Waals surface area contributed by atoms with E-state index in [1.165, 1.54) is 24.4 Å². The van der Waals surface area contributed by atoms with E-state index in [0.717, 1.165) is 0 Å². The van der Waals surface area contributed by atoms with Gasteiger partial charge in [-0.15, -0.1) is 0 Å². The number of rotatable bonds is 3. The van der Waals surface area contributed by atoms with Crippen LogP contribution in [-0.2, 0) is 0 Å². The van der Waals surface area contributed by atoms with Crippen molar-refractivity contribution < 1.29 is 14.6 Å². The molecule has 0 bridgehead atoms. The van der Waals surface area contributed by atoms with E-state index in [4.69, 9.17) is 21.4 Å². The number of aromatic nitrogens is 2. The van der Waals surface area contributed by atoms with Crippen LogP contribution in [0.1, 0.15) is 10.4 Å². The monoisotopic (exact) mass is 250 g/mol. The summed E-state index contributed by atoms with van der Waals surface area (Å²) in [6.07, 6.45) is 1.45. The molecule has 86 valence electrons. The quantitative estimate of drug-likeness (QED) is 0.848. The molecular formula is C11H7ClN2O3. The molecule has 0 radical (unpaired) electrons. The van der Waals surface area contributed by atoms with E-state index < -0.39 is 5.97 Å². The van der Waals surface area contributed by atoms with Gasteiger partial charge < -0.3 is 9.84 Å². The Balaban J connectivity index is 2.24. The van der Waals surface area contributed by atoms with Crippen molar-refractivity contribution in [2.24, 2.45) is 0 Å². The van der Waals surface area contributed by atoms with Gasteiger partial charge in [-0.25, -0.2) is 9.78 Å². The number of nitrogens with zero attached hydrogens (tertiary/aromatic N) is 2. The van der Waals surface area contributed by atoms with Crippen molar-refractivity contribution >= 4 is 17.6 Å². The number of ether oxygens (including phenoxy) is 1. The first kappa shape index (κ1) is 11.3. The number of carboxylic acids is 1. The number of carboxylic acid groups (broad SMARTS) is 1. The van der Waals surface area contributed by atoms with Crippen LogP contribution in [0.25, 0.3) is 0 Å². The Morgan fingerprint density at radius 2 is 2.18 bits per heavy atom. The van der Waals surface area contributed by atoms with Crippen LogP contribution in [0, 0.1) is 0 Å². The molecule has 1 aromatic heterocycles. The molecule has 17 heavy (non-hydrogen) atoms. The summed E-state index contributed by atoms with van der Waals surface area (Å²) in [7, 11) is 0. The maximum Gasteiger partial charge on any atom is 0.335 e. The summed E-state index contributed by atoms with van der Waals surface area (Å²) in [5.41, 5.74) is 0.141. The molecule has 0 spiro atoms. The molecule has 0 aliphatic heterocycles. The first-order valence-electron chi connectivity index (χ1n) is 4.65. The van der Waals surface area contributed by atoms with Crippen molar-refractivity contribution in [3.63, 3.8) is 0 Å². The van der Waals surface area contributed by atoms with E-state index in [1.54, 1.807) is 12.1 Å². The number of aromatic carboxylic acids is 1. The summed E-state index contributed by atoms with van der Waals surface area (Å²) in [5.74, 6) is -0.386. The van der Waals surface area contributed by atoms with Gasteiger partial charge in [0.1, 0.15) is 5.75 Å². The highest BCUT2D eigenvalue weighted by molar-refractivity contribution is 6.28. The Kier molecular flexibility index (Phi) is 3.20. The maximum atomic E-state index is 10.8. The van der Waals surface area contributed by atoms with Crippen LogP contribution in [0.4, 0.5) is 0 Å².